The van der Waals surface area contributed by atoms with Crippen molar-refractivity contribution in [3.63, 3.8) is 0 Å². The lowest BCUT2D eigenvalue weighted by Crippen LogP contribution is -2.39. The molecule has 3 heterocycles. The first-order valence-corrected chi connectivity index (χ1v) is 10.5. The highest BCUT2D eigenvalue weighted by atomic mass is 19.4. The standard InChI is InChI=1S/C22H27F3N4O2/c1-27-19-14-28(11-12-31-2)13-17(19)20(26-27)21(30)29-9-7-15(8-10-29)16-5-3-4-6-18(16)22(23,24)25/h3-6,15H,7-14H2,1-2H3. The van der Waals surface area contributed by atoms with Gasteiger partial charge in [-0.3, -0.25) is 14.4 Å². The summed E-state index contributed by atoms with van der Waals surface area (Å²) in [5.74, 6) is -0.339. The van der Waals surface area contributed by atoms with E-state index >= 15 is 0 Å². The zero-order valence-electron chi connectivity index (χ0n) is 17.8. The third-order valence-corrected chi connectivity index (χ3v) is 6.33. The van der Waals surface area contributed by atoms with E-state index in [0.717, 1.165) is 30.4 Å². The maximum Gasteiger partial charge on any atom is 0.416 e. The number of halogens is 3. The number of piperidine rings is 1. The first-order valence-electron chi connectivity index (χ1n) is 10.5. The molecule has 1 amide bonds. The molecule has 0 atom stereocenters. The van der Waals surface area contributed by atoms with Gasteiger partial charge in [0.05, 0.1) is 17.9 Å². The number of aromatic nitrogens is 2. The van der Waals surface area contributed by atoms with Crippen molar-refractivity contribution in [1.29, 1.82) is 0 Å². The lowest BCUT2D eigenvalue weighted by Gasteiger charge is -2.33. The SMILES string of the molecule is COCCN1Cc2c(C(=O)N3CCC(c4ccccc4C(F)(F)F)CC3)nn(C)c2C1. The maximum absolute atomic E-state index is 13.4. The van der Waals surface area contributed by atoms with Crippen LogP contribution >= 0.6 is 0 Å². The summed E-state index contributed by atoms with van der Waals surface area (Å²) >= 11 is 0. The second-order valence-electron chi connectivity index (χ2n) is 8.25. The summed E-state index contributed by atoms with van der Waals surface area (Å²) in [6.45, 7) is 3.64. The number of fused-ring (bicyclic) bond motifs is 1. The zero-order chi connectivity index (χ0) is 22.2. The molecule has 6 nitrogen and oxygen atoms in total. The van der Waals surface area contributed by atoms with E-state index < -0.39 is 11.7 Å². The van der Waals surface area contributed by atoms with Crippen LogP contribution in [0.3, 0.4) is 0 Å². The number of alkyl halides is 3. The third-order valence-electron chi connectivity index (χ3n) is 6.33. The molecule has 1 fully saturated rings. The number of aryl methyl sites for hydroxylation is 1. The Morgan fingerprint density at radius 3 is 2.58 bits per heavy atom. The van der Waals surface area contributed by atoms with Crippen LogP contribution in [0, 0.1) is 0 Å². The van der Waals surface area contributed by atoms with Gasteiger partial charge in [-0.05, 0) is 30.4 Å². The third kappa shape index (κ3) is 4.34. The van der Waals surface area contributed by atoms with E-state index in [-0.39, 0.29) is 11.8 Å². The molecular weight excluding hydrogens is 409 g/mol. The summed E-state index contributed by atoms with van der Waals surface area (Å²) in [7, 11) is 3.51. The van der Waals surface area contributed by atoms with Crippen LogP contribution in [0.1, 0.15) is 51.6 Å². The van der Waals surface area contributed by atoms with Gasteiger partial charge in [-0.1, -0.05) is 18.2 Å². The second-order valence-corrected chi connectivity index (χ2v) is 8.25. The monoisotopic (exact) mass is 436 g/mol. The Morgan fingerprint density at radius 2 is 1.90 bits per heavy atom. The summed E-state index contributed by atoms with van der Waals surface area (Å²) in [4.78, 5) is 17.1. The van der Waals surface area contributed by atoms with Gasteiger partial charge in [0.15, 0.2) is 5.69 Å². The number of hydrogen-bond acceptors (Lipinski definition) is 4. The average molecular weight is 436 g/mol. The molecule has 1 saturated heterocycles. The van der Waals surface area contributed by atoms with Crippen molar-refractivity contribution in [2.45, 2.75) is 38.0 Å². The van der Waals surface area contributed by atoms with Gasteiger partial charge in [-0.25, -0.2) is 0 Å². The predicted molar refractivity (Wildman–Crippen MR) is 109 cm³/mol. The number of carbonyl (C=O) groups excluding carboxylic acids is 1. The second kappa shape index (κ2) is 8.63. The lowest BCUT2D eigenvalue weighted by molar-refractivity contribution is -0.138. The van der Waals surface area contributed by atoms with Gasteiger partial charge in [0.1, 0.15) is 0 Å². The lowest BCUT2D eigenvalue weighted by atomic mass is 9.86. The zero-order valence-corrected chi connectivity index (χ0v) is 17.8. The first-order chi connectivity index (χ1) is 14.8. The molecule has 0 radical (unpaired) electrons. The van der Waals surface area contributed by atoms with Crippen molar-refractivity contribution in [3.05, 3.63) is 52.3 Å². The maximum atomic E-state index is 13.4. The molecule has 0 spiro atoms. The molecule has 31 heavy (non-hydrogen) atoms. The van der Waals surface area contributed by atoms with Gasteiger partial charge in [0, 0.05) is 52.4 Å². The Morgan fingerprint density at radius 1 is 1.19 bits per heavy atom. The van der Waals surface area contributed by atoms with Crippen LogP contribution in [-0.4, -0.2) is 58.8 Å². The van der Waals surface area contributed by atoms with Crippen LogP contribution in [0.5, 0.6) is 0 Å². The molecular formula is C22H27F3N4O2. The molecule has 2 aromatic rings. The van der Waals surface area contributed by atoms with Gasteiger partial charge < -0.3 is 9.64 Å². The van der Waals surface area contributed by atoms with Crippen molar-refractivity contribution in [2.24, 2.45) is 7.05 Å². The number of hydrogen-bond donors (Lipinski definition) is 0. The largest absolute Gasteiger partial charge is 0.416 e. The average Bonchev–Trinajstić information content (AvgIpc) is 3.31. The van der Waals surface area contributed by atoms with Crippen molar-refractivity contribution < 1.29 is 22.7 Å². The van der Waals surface area contributed by atoms with Crippen LogP contribution in [0.15, 0.2) is 24.3 Å². The minimum absolute atomic E-state index is 0.131. The van der Waals surface area contributed by atoms with Crippen LogP contribution in [0.2, 0.25) is 0 Å². The molecule has 4 rings (SSSR count). The fourth-order valence-electron chi connectivity index (χ4n) is 4.66. The van der Waals surface area contributed by atoms with Crippen LogP contribution in [0.25, 0.3) is 0 Å². The van der Waals surface area contributed by atoms with Crippen LogP contribution < -0.4 is 0 Å². The number of carbonyl (C=O) groups is 1. The quantitative estimate of drug-likeness (QED) is 0.721. The number of rotatable bonds is 5. The Balaban J connectivity index is 1.45. The normalized spacial score (nSPS) is 17.9. The van der Waals surface area contributed by atoms with E-state index in [2.05, 4.69) is 10.00 Å². The highest BCUT2D eigenvalue weighted by Crippen LogP contribution is 2.39. The minimum atomic E-state index is -4.37. The Kier molecular flexibility index (Phi) is 6.07. The number of amides is 1. The van der Waals surface area contributed by atoms with E-state index in [9.17, 15) is 18.0 Å². The Labute approximate surface area is 179 Å². The van der Waals surface area contributed by atoms with Crippen molar-refractivity contribution >= 4 is 5.91 Å². The molecule has 1 aromatic carbocycles. The van der Waals surface area contributed by atoms with E-state index in [1.54, 1.807) is 28.8 Å². The van der Waals surface area contributed by atoms with E-state index in [1.165, 1.54) is 6.07 Å². The van der Waals surface area contributed by atoms with Gasteiger partial charge in [-0.2, -0.15) is 18.3 Å². The molecule has 0 unspecified atom stereocenters. The van der Waals surface area contributed by atoms with Gasteiger partial charge in [0.25, 0.3) is 5.91 Å². The number of nitrogens with zero attached hydrogens (tertiary/aromatic N) is 4. The first kappa shape index (κ1) is 21.8. The van der Waals surface area contributed by atoms with Gasteiger partial charge >= 0.3 is 6.18 Å². The summed E-state index contributed by atoms with van der Waals surface area (Å²) < 4.78 is 47.1. The highest BCUT2D eigenvalue weighted by Gasteiger charge is 2.37. The smallest absolute Gasteiger partial charge is 0.383 e. The summed E-state index contributed by atoms with van der Waals surface area (Å²) in [5.41, 5.74) is 2.21. The Bertz CT molecular complexity index is 949. The van der Waals surface area contributed by atoms with E-state index in [1.807, 2.05) is 7.05 Å². The number of ether oxygens (including phenoxy) is 1. The summed E-state index contributed by atoms with van der Waals surface area (Å²) in [6.07, 6.45) is -3.35. The number of likely N-dealkylation sites (tertiary alicyclic amines) is 1. The van der Waals surface area contributed by atoms with Crippen molar-refractivity contribution in [2.75, 3.05) is 33.4 Å². The molecule has 0 aliphatic carbocycles. The molecule has 2 aliphatic rings. The summed E-state index contributed by atoms with van der Waals surface area (Å²) in [6, 6.07) is 5.77. The highest BCUT2D eigenvalue weighted by molar-refractivity contribution is 5.94. The van der Waals surface area contributed by atoms with Crippen LogP contribution in [0.4, 0.5) is 13.2 Å². The topological polar surface area (TPSA) is 50.6 Å². The van der Waals surface area contributed by atoms with Gasteiger partial charge in [-0.15, -0.1) is 0 Å². The predicted octanol–water partition coefficient (Wildman–Crippen LogP) is 3.42. The molecule has 0 N–H and O–H groups in total. The number of methoxy groups -OCH3 is 1. The molecule has 1 aromatic heterocycles. The van der Waals surface area contributed by atoms with Crippen molar-refractivity contribution in [1.82, 2.24) is 19.6 Å². The molecule has 0 bridgehead atoms. The van der Waals surface area contributed by atoms with E-state index in [4.69, 9.17) is 4.74 Å². The fourth-order valence-corrected chi connectivity index (χ4v) is 4.66. The fraction of sp³-hybridized carbons (Fsp3) is 0.545. The molecule has 168 valence electrons. The minimum Gasteiger partial charge on any atom is -0.383 e. The Hall–Kier alpha value is -2.39. The van der Waals surface area contributed by atoms with Gasteiger partial charge in [0.2, 0.25) is 0 Å². The number of benzene rings is 1. The summed E-state index contributed by atoms with van der Waals surface area (Å²) in [5, 5.41) is 4.46. The van der Waals surface area contributed by atoms with Crippen LogP contribution in [-0.2, 0) is 31.1 Å². The molecule has 9 heteroatoms. The van der Waals surface area contributed by atoms with E-state index in [0.29, 0.717) is 50.3 Å². The molecule has 0 saturated carbocycles. The molecule has 2 aliphatic heterocycles. The van der Waals surface area contributed by atoms with Crippen molar-refractivity contribution in [3.8, 4) is 0 Å².